The Kier molecular flexibility index (Phi) is 11.3. The molecule has 0 aliphatic carbocycles. The molecule has 0 heterocycles. The predicted octanol–water partition coefficient (Wildman–Crippen LogP) is 3.26. The average molecular weight is 228 g/mol. The van der Waals surface area contributed by atoms with Crippen LogP contribution < -0.4 is 5.73 Å². The van der Waals surface area contributed by atoms with Gasteiger partial charge in [0.05, 0.1) is 0 Å². The van der Waals surface area contributed by atoms with Gasteiger partial charge in [-0.25, -0.2) is 0 Å². The van der Waals surface area contributed by atoms with E-state index in [-0.39, 0.29) is 0 Å². The lowest BCUT2D eigenvalue weighted by Gasteiger charge is -2.22. The molecule has 0 aromatic heterocycles. The van der Waals surface area contributed by atoms with Crippen LogP contribution in [0.3, 0.4) is 0 Å². The molecule has 98 valence electrons. The highest BCUT2D eigenvalue weighted by molar-refractivity contribution is 4.60. The Morgan fingerprint density at radius 3 is 1.88 bits per heavy atom. The van der Waals surface area contributed by atoms with E-state index in [4.69, 9.17) is 5.73 Å². The largest absolute Gasteiger partial charge is 0.330 e. The van der Waals surface area contributed by atoms with Gasteiger partial charge in [0.25, 0.3) is 0 Å². The van der Waals surface area contributed by atoms with E-state index in [1.54, 1.807) is 0 Å². The summed E-state index contributed by atoms with van der Waals surface area (Å²) >= 11 is 0. The fourth-order valence-corrected chi connectivity index (χ4v) is 1.88. The van der Waals surface area contributed by atoms with Crippen molar-refractivity contribution in [2.75, 3.05) is 26.2 Å². The van der Waals surface area contributed by atoms with E-state index in [2.05, 4.69) is 25.7 Å². The molecule has 0 aromatic carbocycles. The van der Waals surface area contributed by atoms with Crippen molar-refractivity contribution in [3.8, 4) is 0 Å². The van der Waals surface area contributed by atoms with Gasteiger partial charge in [-0.3, -0.25) is 0 Å². The molecule has 1 unspecified atom stereocenters. The zero-order valence-electron chi connectivity index (χ0n) is 11.7. The summed E-state index contributed by atoms with van der Waals surface area (Å²) in [5, 5.41) is 0. The maximum absolute atomic E-state index is 5.64. The molecule has 16 heavy (non-hydrogen) atoms. The first kappa shape index (κ1) is 15.9. The molecule has 2 nitrogen and oxygen atoms in total. The first-order chi connectivity index (χ1) is 7.74. The van der Waals surface area contributed by atoms with Gasteiger partial charge in [-0.1, -0.05) is 33.6 Å². The minimum atomic E-state index is 0.694. The summed E-state index contributed by atoms with van der Waals surface area (Å²) in [6.07, 6.45) is 7.90. The monoisotopic (exact) mass is 228 g/mol. The topological polar surface area (TPSA) is 29.3 Å². The number of hydrogen-bond donors (Lipinski definition) is 1. The van der Waals surface area contributed by atoms with Crippen LogP contribution in [0.2, 0.25) is 0 Å². The van der Waals surface area contributed by atoms with Gasteiger partial charge < -0.3 is 10.6 Å². The average Bonchev–Trinajstić information content (AvgIpc) is 2.31. The lowest BCUT2D eigenvalue weighted by atomic mass is 10.1. The summed E-state index contributed by atoms with van der Waals surface area (Å²) in [6.45, 7) is 11.5. The molecule has 0 saturated heterocycles. The Labute approximate surface area is 103 Å². The van der Waals surface area contributed by atoms with Crippen LogP contribution in [0.1, 0.15) is 59.3 Å². The zero-order valence-corrected chi connectivity index (χ0v) is 11.7. The second kappa shape index (κ2) is 11.4. The van der Waals surface area contributed by atoms with Crippen LogP contribution in [0.15, 0.2) is 0 Å². The van der Waals surface area contributed by atoms with E-state index in [0.717, 1.165) is 6.54 Å². The molecule has 2 N–H and O–H groups in total. The van der Waals surface area contributed by atoms with Crippen molar-refractivity contribution in [1.82, 2.24) is 4.90 Å². The van der Waals surface area contributed by atoms with Crippen LogP contribution in [-0.4, -0.2) is 31.1 Å². The third kappa shape index (κ3) is 9.17. The molecule has 2 heteroatoms. The summed E-state index contributed by atoms with van der Waals surface area (Å²) < 4.78 is 0. The summed E-state index contributed by atoms with van der Waals surface area (Å²) in [7, 11) is 0. The normalized spacial score (nSPS) is 13.3. The van der Waals surface area contributed by atoms with Crippen LogP contribution in [0.25, 0.3) is 0 Å². The van der Waals surface area contributed by atoms with Gasteiger partial charge >= 0.3 is 0 Å². The van der Waals surface area contributed by atoms with Gasteiger partial charge in [0.1, 0.15) is 0 Å². The molecule has 0 aromatic rings. The van der Waals surface area contributed by atoms with Crippen molar-refractivity contribution in [2.24, 2.45) is 11.7 Å². The molecule has 0 aliphatic rings. The first-order valence-electron chi connectivity index (χ1n) is 7.16. The van der Waals surface area contributed by atoms with Crippen LogP contribution in [0.4, 0.5) is 0 Å². The molecule has 0 saturated carbocycles. The molecule has 0 fully saturated rings. The van der Waals surface area contributed by atoms with Gasteiger partial charge in [-0.05, 0) is 57.8 Å². The highest BCUT2D eigenvalue weighted by Gasteiger charge is 2.05. The number of rotatable bonds is 11. The van der Waals surface area contributed by atoms with Crippen molar-refractivity contribution in [3.63, 3.8) is 0 Å². The smallest absolute Gasteiger partial charge is 0.00186 e. The summed E-state index contributed by atoms with van der Waals surface area (Å²) in [5.41, 5.74) is 5.64. The van der Waals surface area contributed by atoms with E-state index < -0.39 is 0 Å². The second-order valence-electron chi connectivity index (χ2n) is 5.03. The standard InChI is InChI=1S/C14H32N2/c1-4-6-10-16(11-7-5-2)12-8-9-14(3)13-15/h14H,4-13,15H2,1-3H3. The van der Waals surface area contributed by atoms with E-state index in [1.165, 1.54) is 58.2 Å². The summed E-state index contributed by atoms with van der Waals surface area (Å²) in [6, 6.07) is 0. The minimum Gasteiger partial charge on any atom is -0.330 e. The molecule has 0 amide bonds. The first-order valence-corrected chi connectivity index (χ1v) is 7.16. The van der Waals surface area contributed by atoms with Crippen molar-refractivity contribution in [3.05, 3.63) is 0 Å². The quantitative estimate of drug-likeness (QED) is 0.588. The molecule has 0 radical (unpaired) electrons. The van der Waals surface area contributed by atoms with Gasteiger partial charge in [-0.15, -0.1) is 0 Å². The van der Waals surface area contributed by atoms with Crippen LogP contribution in [0.5, 0.6) is 0 Å². The van der Waals surface area contributed by atoms with E-state index in [1.807, 2.05) is 0 Å². The zero-order chi connectivity index (χ0) is 12.2. The molecular weight excluding hydrogens is 196 g/mol. The third-order valence-electron chi connectivity index (χ3n) is 3.23. The highest BCUT2D eigenvalue weighted by Crippen LogP contribution is 2.06. The SMILES string of the molecule is CCCCN(CCCC)CCCC(C)CN. The predicted molar refractivity (Wildman–Crippen MR) is 73.7 cm³/mol. The van der Waals surface area contributed by atoms with Crippen molar-refractivity contribution >= 4 is 0 Å². The molecule has 0 bridgehead atoms. The molecular formula is C14H32N2. The Morgan fingerprint density at radius 1 is 0.938 bits per heavy atom. The highest BCUT2D eigenvalue weighted by atomic mass is 15.1. The van der Waals surface area contributed by atoms with Gasteiger partial charge in [0.2, 0.25) is 0 Å². The van der Waals surface area contributed by atoms with Crippen LogP contribution >= 0.6 is 0 Å². The van der Waals surface area contributed by atoms with Gasteiger partial charge in [0, 0.05) is 0 Å². The Hall–Kier alpha value is -0.0800. The third-order valence-corrected chi connectivity index (χ3v) is 3.23. The van der Waals surface area contributed by atoms with E-state index in [9.17, 15) is 0 Å². The van der Waals surface area contributed by atoms with Crippen LogP contribution in [-0.2, 0) is 0 Å². The maximum atomic E-state index is 5.64. The molecule has 0 aliphatic heterocycles. The minimum absolute atomic E-state index is 0.694. The second-order valence-corrected chi connectivity index (χ2v) is 5.03. The Morgan fingerprint density at radius 2 is 1.44 bits per heavy atom. The lowest BCUT2D eigenvalue weighted by Crippen LogP contribution is -2.27. The number of nitrogens with zero attached hydrogens (tertiary/aromatic N) is 1. The van der Waals surface area contributed by atoms with E-state index >= 15 is 0 Å². The summed E-state index contributed by atoms with van der Waals surface area (Å²) in [4.78, 5) is 2.64. The van der Waals surface area contributed by atoms with E-state index in [0.29, 0.717) is 5.92 Å². The molecule has 0 rings (SSSR count). The number of unbranched alkanes of at least 4 members (excludes halogenated alkanes) is 2. The van der Waals surface area contributed by atoms with Crippen molar-refractivity contribution in [1.29, 1.82) is 0 Å². The Balaban J connectivity index is 3.63. The number of hydrogen-bond acceptors (Lipinski definition) is 2. The van der Waals surface area contributed by atoms with Crippen LogP contribution in [0, 0.1) is 5.92 Å². The summed E-state index contributed by atoms with van der Waals surface area (Å²) in [5.74, 6) is 0.694. The van der Waals surface area contributed by atoms with Gasteiger partial charge in [0.15, 0.2) is 0 Å². The van der Waals surface area contributed by atoms with Gasteiger partial charge in [-0.2, -0.15) is 0 Å². The molecule has 0 spiro atoms. The van der Waals surface area contributed by atoms with Crippen molar-refractivity contribution in [2.45, 2.75) is 59.3 Å². The fraction of sp³-hybridized carbons (Fsp3) is 1.00. The number of nitrogens with two attached hydrogens (primary N) is 1. The Bertz CT molecular complexity index is 129. The fourth-order valence-electron chi connectivity index (χ4n) is 1.88. The molecule has 1 atom stereocenters. The lowest BCUT2D eigenvalue weighted by molar-refractivity contribution is 0.254. The van der Waals surface area contributed by atoms with Crippen molar-refractivity contribution < 1.29 is 0 Å². The maximum Gasteiger partial charge on any atom is -0.00186 e.